The molecule has 0 N–H and O–H groups in total. The molecule has 0 radical (unpaired) electrons. The van der Waals surface area contributed by atoms with Gasteiger partial charge >= 0.3 is 0 Å². The van der Waals surface area contributed by atoms with Crippen molar-refractivity contribution in [3.05, 3.63) is 47.6 Å². The molecule has 0 nitrogen and oxygen atoms in total. The first-order valence-electron chi connectivity index (χ1n) is 14.8. The molecule has 0 saturated carbocycles. The number of unbranched alkanes of at least 4 members (excludes halogenated alkanes) is 16. The van der Waals surface area contributed by atoms with E-state index in [9.17, 15) is 0 Å². The molecule has 0 fully saturated rings. The minimum absolute atomic E-state index is 1.24. The quantitative estimate of drug-likeness (QED) is 0.0961. The van der Waals surface area contributed by atoms with Crippen LogP contribution in [0.25, 0.3) is 0 Å². The summed E-state index contributed by atoms with van der Waals surface area (Å²) in [4.78, 5) is 0. The van der Waals surface area contributed by atoms with Crippen LogP contribution in [-0.2, 0) is 0 Å². The average Bonchev–Trinajstić information content (AvgIpc) is 2.83. The molecule has 0 aromatic carbocycles. The van der Waals surface area contributed by atoms with Gasteiger partial charge in [-0.25, -0.2) is 0 Å². The molecule has 0 saturated heterocycles. The smallest absolute Gasteiger partial charge is 0.0654 e. The first-order chi connectivity index (χ1) is 16.2. The fraction of sp³-hybridized carbons (Fsp3) is 0.750. The third-order valence-electron chi connectivity index (χ3n) is 6.35. The Labute approximate surface area is 210 Å². The van der Waals surface area contributed by atoms with E-state index in [2.05, 4.69) is 75.3 Å². The highest BCUT2D eigenvalue weighted by Crippen LogP contribution is 2.65. The molecule has 192 valence electrons. The van der Waals surface area contributed by atoms with Crippen molar-refractivity contribution in [1.29, 1.82) is 0 Å². The van der Waals surface area contributed by atoms with Gasteiger partial charge in [0.25, 0.3) is 0 Å². The number of hydrogen-bond donors (Lipinski definition) is 0. The third-order valence-corrected chi connectivity index (χ3v) is 9.26. The molecule has 0 aliphatic heterocycles. The largest absolute Gasteiger partial charge is 0.113 e. The summed E-state index contributed by atoms with van der Waals surface area (Å²) in [5.74, 6) is 10.4. The Kier molecular flexibility index (Phi) is 25.5. The molecule has 0 bridgehead atoms. The Balaban J connectivity index is 5.27. The molecule has 0 spiro atoms. The molecule has 0 aliphatic rings. The second-order valence-corrected chi connectivity index (χ2v) is 12.8. The van der Waals surface area contributed by atoms with E-state index in [1.54, 1.807) is 0 Å². The summed E-state index contributed by atoms with van der Waals surface area (Å²) in [6.07, 6.45) is 36.6. The first kappa shape index (κ1) is 32.4. The van der Waals surface area contributed by atoms with Crippen molar-refractivity contribution < 1.29 is 0 Å². The third kappa shape index (κ3) is 21.6. The van der Waals surface area contributed by atoms with E-state index >= 15 is 0 Å². The van der Waals surface area contributed by atoms with E-state index in [-0.39, 0.29) is 0 Å². The van der Waals surface area contributed by atoms with Crippen LogP contribution in [0.2, 0.25) is 0 Å². The Morgan fingerprint density at radius 3 is 0.788 bits per heavy atom. The van der Waals surface area contributed by atoms with E-state index < -0.39 is 7.26 Å². The predicted molar refractivity (Wildman–Crippen MR) is 159 cm³/mol. The van der Waals surface area contributed by atoms with Crippen LogP contribution in [-0.4, -0.2) is 0 Å². The Bertz CT molecular complexity index is 403. The van der Waals surface area contributed by atoms with E-state index in [0.717, 1.165) is 0 Å². The second-order valence-electron chi connectivity index (χ2n) is 9.83. The maximum Gasteiger partial charge on any atom is 0.113 e. The van der Waals surface area contributed by atoms with E-state index in [1.807, 2.05) is 0 Å². The zero-order valence-electron chi connectivity index (χ0n) is 23.2. The Hall–Kier alpha value is -0.610. The molecule has 0 aromatic heterocycles. The zero-order chi connectivity index (χ0) is 24.3. The van der Waals surface area contributed by atoms with Gasteiger partial charge in [0.2, 0.25) is 0 Å². The van der Waals surface area contributed by atoms with Crippen LogP contribution in [0.3, 0.4) is 0 Å². The van der Waals surface area contributed by atoms with E-state index in [0.29, 0.717) is 0 Å². The molecule has 0 aromatic rings. The van der Waals surface area contributed by atoms with Crippen LogP contribution < -0.4 is 0 Å². The van der Waals surface area contributed by atoms with Gasteiger partial charge < -0.3 is 0 Å². The van der Waals surface area contributed by atoms with Gasteiger partial charge in [-0.15, -0.1) is 0 Å². The van der Waals surface area contributed by atoms with Crippen LogP contribution >= 0.6 is 7.26 Å². The minimum Gasteiger partial charge on any atom is -0.0654 e. The summed E-state index contributed by atoms with van der Waals surface area (Å²) < 4.78 is 0. The lowest BCUT2D eigenvalue weighted by Gasteiger charge is -2.11. The van der Waals surface area contributed by atoms with Crippen LogP contribution in [0.1, 0.15) is 156 Å². The van der Waals surface area contributed by atoms with E-state index in [4.69, 9.17) is 0 Å². The minimum atomic E-state index is -1.44. The van der Waals surface area contributed by atoms with Gasteiger partial charge in [0.15, 0.2) is 0 Å². The summed E-state index contributed by atoms with van der Waals surface area (Å²) in [5.41, 5.74) is 0. The van der Waals surface area contributed by atoms with Gasteiger partial charge in [-0.2, -0.15) is 0 Å². The fourth-order valence-corrected chi connectivity index (χ4v) is 6.74. The molecule has 0 heterocycles. The second kappa shape index (κ2) is 26.0. The standard InChI is InChI=1S/C32H60P/c1-5-9-13-17-21-25-29-33(30-26-22-18-14-10-6-2,31-27-23-19-15-11-7-3)32-28-24-20-16-12-8-4/h25-32H,5-24H2,1-4H3/q+1/b29-25+,30-26+,31-27+,32-28+. The molecule has 0 unspecified atom stereocenters. The summed E-state index contributed by atoms with van der Waals surface area (Å²) in [6, 6.07) is 0. The van der Waals surface area contributed by atoms with Crippen molar-refractivity contribution in [3.8, 4) is 0 Å². The highest BCUT2D eigenvalue weighted by Gasteiger charge is 2.25. The van der Waals surface area contributed by atoms with Gasteiger partial charge in [0.05, 0.1) is 23.3 Å². The Morgan fingerprint density at radius 2 is 0.576 bits per heavy atom. The molecule has 33 heavy (non-hydrogen) atoms. The fourth-order valence-electron chi connectivity index (χ4n) is 4.08. The number of allylic oxidation sites excluding steroid dienone is 4. The molecule has 1 heteroatoms. The number of hydrogen-bond acceptors (Lipinski definition) is 0. The normalized spacial score (nSPS) is 13.0. The lowest BCUT2D eigenvalue weighted by molar-refractivity contribution is 0.674. The topological polar surface area (TPSA) is 0 Å². The highest BCUT2D eigenvalue weighted by atomic mass is 31.2. The summed E-state index contributed by atoms with van der Waals surface area (Å²) >= 11 is 0. The lowest BCUT2D eigenvalue weighted by atomic mass is 10.2. The molecular weight excluding hydrogens is 415 g/mol. The molecular formula is C32H60P+. The zero-order valence-corrected chi connectivity index (χ0v) is 24.1. The molecule has 0 aliphatic carbocycles. The van der Waals surface area contributed by atoms with Gasteiger partial charge in [-0.3, -0.25) is 0 Å². The van der Waals surface area contributed by atoms with Crippen molar-refractivity contribution in [3.63, 3.8) is 0 Å². The van der Waals surface area contributed by atoms with Crippen molar-refractivity contribution in [2.45, 2.75) is 156 Å². The lowest BCUT2D eigenvalue weighted by Crippen LogP contribution is -1.82. The van der Waals surface area contributed by atoms with Gasteiger partial charge in [0.1, 0.15) is 7.26 Å². The van der Waals surface area contributed by atoms with Crippen molar-refractivity contribution in [1.82, 2.24) is 0 Å². The van der Waals surface area contributed by atoms with Crippen LogP contribution in [0, 0.1) is 0 Å². The monoisotopic (exact) mass is 475 g/mol. The summed E-state index contributed by atoms with van der Waals surface area (Å²) in [5, 5.41) is 0. The average molecular weight is 476 g/mol. The number of rotatable bonds is 24. The molecule has 0 rings (SSSR count). The van der Waals surface area contributed by atoms with Crippen LogP contribution in [0.4, 0.5) is 0 Å². The molecule has 0 atom stereocenters. The first-order valence-corrected chi connectivity index (χ1v) is 16.9. The van der Waals surface area contributed by atoms with Crippen LogP contribution in [0.15, 0.2) is 47.6 Å². The Morgan fingerprint density at radius 1 is 0.333 bits per heavy atom. The maximum absolute atomic E-state index is 2.60. The van der Waals surface area contributed by atoms with Crippen molar-refractivity contribution in [2.24, 2.45) is 0 Å². The van der Waals surface area contributed by atoms with Gasteiger partial charge in [0, 0.05) is 0 Å². The highest BCUT2D eigenvalue weighted by molar-refractivity contribution is 7.87. The summed E-state index contributed by atoms with van der Waals surface area (Å²) in [7, 11) is -1.44. The van der Waals surface area contributed by atoms with Crippen LogP contribution in [0.5, 0.6) is 0 Å². The van der Waals surface area contributed by atoms with Crippen molar-refractivity contribution in [2.75, 3.05) is 0 Å². The van der Waals surface area contributed by atoms with Gasteiger partial charge in [-0.05, 0) is 75.7 Å². The van der Waals surface area contributed by atoms with E-state index in [1.165, 1.54) is 128 Å². The summed E-state index contributed by atoms with van der Waals surface area (Å²) in [6.45, 7) is 9.20. The SMILES string of the molecule is CCCCCC/C=C/[P+](/C=C/CCCCCC)(/C=C/CCCCCC)/C=C/CCCCCC. The maximum atomic E-state index is 2.60. The van der Waals surface area contributed by atoms with Gasteiger partial charge in [-0.1, -0.05) is 105 Å². The molecule has 0 amide bonds. The predicted octanol–water partition coefficient (Wildman–Crippen LogP) is 12.9. The van der Waals surface area contributed by atoms with Crippen molar-refractivity contribution >= 4 is 7.26 Å².